The summed E-state index contributed by atoms with van der Waals surface area (Å²) in [5.74, 6) is -1.75. The summed E-state index contributed by atoms with van der Waals surface area (Å²) < 4.78 is 41.4. The Kier molecular flexibility index (Phi) is 4.02. The summed E-state index contributed by atoms with van der Waals surface area (Å²) in [6.45, 7) is 6.22. The molecule has 0 saturated carbocycles. The standard InChI is InChI=1S/C12H16FNO4S/c1-7-5-8(19(14,16)17)6-9(10(7)13)11(15)18-12(2,3)4/h5-6H,1-4H3,(H2,14,16,17). The molecule has 0 aliphatic heterocycles. The van der Waals surface area contributed by atoms with Crippen LogP contribution in [0.2, 0.25) is 0 Å². The molecule has 1 rings (SSSR count). The van der Waals surface area contributed by atoms with Crippen molar-refractivity contribution >= 4 is 16.0 Å². The molecule has 0 unspecified atom stereocenters. The molecule has 7 heteroatoms. The maximum absolute atomic E-state index is 13.9. The van der Waals surface area contributed by atoms with Crippen LogP contribution in [-0.2, 0) is 14.8 Å². The molecule has 5 nitrogen and oxygen atoms in total. The van der Waals surface area contributed by atoms with Crippen molar-refractivity contribution in [1.29, 1.82) is 0 Å². The summed E-state index contributed by atoms with van der Waals surface area (Å²) in [4.78, 5) is 11.5. The van der Waals surface area contributed by atoms with E-state index < -0.39 is 33.0 Å². The predicted octanol–water partition coefficient (Wildman–Crippen LogP) is 1.74. The fourth-order valence-electron chi connectivity index (χ4n) is 1.38. The number of primary sulfonamides is 1. The van der Waals surface area contributed by atoms with Crippen molar-refractivity contribution in [3.05, 3.63) is 29.1 Å². The fourth-order valence-corrected chi connectivity index (χ4v) is 2.01. The Bertz CT molecular complexity index is 617. The number of hydrogen-bond acceptors (Lipinski definition) is 4. The second-order valence-electron chi connectivity index (χ2n) is 5.15. The minimum absolute atomic E-state index is 0.00684. The van der Waals surface area contributed by atoms with Gasteiger partial charge < -0.3 is 4.74 Å². The van der Waals surface area contributed by atoms with Crippen molar-refractivity contribution in [2.75, 3.05) is 0 Å². The molecule has 0 atom stereocenters. The minimum atomic E-state index is -4.02. The smallest absolute Gasteiger partial charge is 0.341 e. The van der Waals surface area contributed by atoms with Gasteiger partial charge in [0.2, 0.25) is 10.0 Å². The third kappa shape index (κ3) is 4.00. The zero-order chi connectivity index (χ0) is 15.0. The van der Waals surface area contributed by atoms with E-state index in [9.17, 15) is 17.6 Å². The van der Waals surface area contributed by atoms with Gasteiger partial charge in [0.1, 0.15) is 11.4 Å². The lowest BCUT2D eigenvalue weighted by atomic mass is 10.1. The van der Waals surface area contributed by atoms with Crippen molar-refractivity contribution in [2.45, 2.75) is 38.2 Å². The van der Waals surface area contributed by atoms with Crippen LogP contribution in [0.25, 0.3) is 0 Å². The van der Waals surface area contributed by atoms with Crippen molar-refractivity contribution in [3.8, 4) is 0 Å². The molecule has 0 amide bonds. The number of halogens is 1. The third-order valence-electron chi connectivity index (χ3n) is 2.18. The molecule has 2 N–H and O–H groups in total. The molecule has 0 aliphatic carbocycles. The van der Waals surface area contributed by atoms with Gasteiger partial charge in [0, 0.05) is 0 Å². The maximum Gasteiger partial charge on any atom is 0.341 e. The molecule has 0 heterocycles. The summed E-state index contributed by atoms with van der Waals surface area (Å²) in [7, 11) is -4.02. The number of carbonyl (C=O) groups is 1. The van der Waals surface area contributed by atoms with Gasteiger partial charge in [0.25, 0.3) is 0 Å². The number of benzene rings is 1. The van der Waals surface area contributed by atoms with Gasteiger partial charge in [0.05, 0.1) is 10.5 Å². The highest BCUT2D eigenvalue weighted by molar-refractivity contribution is 7.89. The largest absolute Gasteiger partial charge is 0.456 e. The first-order valence-electron chi connectivity index (χ1n) is 5.48. The lowest BCUT2D eigenvalue weighted by Crippen LogP contribution is -2.25. The lowest BCUT2D eigenvalue weighted by molar-refractivity contribution is 0.00642. The molecule has 19 heavy (non-hydrogen) atoms. The van der Waals surface area contributed by atoms with Crippen molar-refractivity contribution in [2.24, 2.45) is 5.14 Å². The molecule has 0 bridgehead atoms. The molecule has 0 fully saturated rings. The molecule has 0 radical (unpaired) electrons. The number of esters is 1. The van der Waals surface area contributed by atoms with E-state index in [-0.39, 0.29) is 10.5 Å². The predicted molar refractivity (Wildman–Crippen MR) is 67.7 cm³/mol. The number of aryl methyl sites for hydroxylation is 1. The molecule has 0 aromatic heterocycles. The van der Waals surface area contributed by atoms with E-state index in [1.54, 1.807) is 20.8 Å². The van der Waals surface area contributed by atoms with Crippen molar-refractivity contribution in [1.82, 2.24) is 0 Å². The summed E-state index contributed by atoms with van der Waals surface area (Å²) in [5, 5.41) is 4.97. The summed E-state index contributed by atoms with van der Waals surface area (Å²) in [5.41, 5.74) is -1.25. The Balaban J connectivity index is 3.36. The average Bonchev–Trinajstić information content (AvgIpc) is 2.17. The molecule has 1 aromatic carbocycles. The van der Waals surface area contributed by atoms with E-state index in [0.29, 0.717) is 0 Å². The first kappa shape index (κ1) is 15.6. The van der Waals surface area contributed by atoms with E-state index in [4.69, 9.17) is 9.88 Å². The molecular formula is C12H16FNO4S. The summed E-state index contributed by atoms with van der Waals surface area (Å²) in [6.07, 6.45) is 0. The highest BCUT2D eigenvalue weighted by Crippen LogP contribution is 2.21. The van der Waals surface area contributed by atoms with Gasteiger partial charge in [-0.05, 0) is 45.4 Å². The Hall–Kier alpha value is -1.47. The Morgan fingerprint density at radius 2 is 1.84 bits per heavy atom. The van der Waals surface area contributed by atoms with Gasteiger partial charge >= 0.3 is 5.97 Å². The lowest BCUT2D eigenvalue weighted by Gasteiger charge is -2.20. The van der Waals surface area contributed by atoms with Crippen LogP contribution in [0.3, 0.4) is 0 Å². The molecular weight excluding hydrogens is 273 g/mol. The molecule has 1 aromatic rings. The number of rotatable bonds is 2. The second kappa shape index (κ2) is 4.90. The first-order chi connectivity index (χ1) is 8.42. The van der Waals surface area contributed by atoms with Crippen LogP contribution in [-0.4, -0.2) is 20.0 Å². The van der Waals surface area contributed by atoms with E-state index >= 15 is 0 Å². The highest BCUT2D eigenvalue weighted by atomic mass is 32.2. The van der Waals surface area contributed by atoms with Gasteiger partial charge in [-0.1, -0.05) is 0 Å². The highest BCUT2D eigenvalue weighted by Gasteiger charge is 2.24. The number of sulfonamides is 1. The van der Waals surface area contributed by atoms with Crippen LogP contribution in [0.15, 0.2) is 17.0 Å². The Morgan fingerprint density at radius 3 is 2.26 bits per heavy atom. The van der Waals surface area contributed by atoms with Crippen molar-refractivity contribution < 1.29 is 22.3 Å². The molecule has 0 aliphatic rings. The fraction of sp³-hybridized carbons (Fsp3) is 0.417. The van der Waals surface area contributed by atoms with Gasteiger partial charge in [-0.2, -0.15) is 0 Å². The molecule has 0 spiro atoms. The first-order valence-corrected chi connectivity index (χ1v) is 7.03. The zero-order valence-corrected chi connectivity index (χ0v) is 12.0. The van der Waals surface area contributed by atoms with Gasteiger partial charge in [0.15, 0.2) is 0 Å². The topological polar surface area (TPSA) is 86.5 Å². The second-order valence-corrected chi connectivity index (χ2v) is 6.71. The van der Waals surface area contributed by atoms with E-state index in [1.165, 1.54) is 6.92 Å². The minimum Gasteiger partial charge on any atom is -0.456 e. The SMILES string of the molecule is Cc1cc(S(N)(=O)=O)cc(C(=O)OC(C)(C)C)c1F. The van der Waals surface area contributed by atoms with E-state index in [1.807, 2.05) is 0 Å². The average molecular weight is 289 g/mol. The van der Waals surface area contributed by atoms with E-state index in [0.717, 1.165) is 12.1 Å². The monoisotopic (exact) mass is 289 g/mol. The van der Waals surface area contributed by atoms with Crippen LogP contribution in [0.5, 0.6) is 0 Å². The summed E-state index contributed by atoms with van der Waals surface area (Å²) in [6, 6.07) is 1.95. The quantitative estimate of drug-likeness (QED) is 0.840. The number of nitrogens with two attached hydrogens (primary N) is 1. The number of ether oxygens (including phenoxy) is 1. The van der Waals surface area contributed by atoms with Gasteiger partial charge in [-0.25, -0.2) is 22.7 Å². The van der Waals surface area contributed by atoms with Crippen LogP contribution >= 0.6 is 0 Å². The molecule has 106 valence electrons. The normalized spacial score (nSPS) is 12.3. The van der Waals surface area contributed by atoms with Gasteiger partial charge in [-0.3, -0.25) is 0 Å². The van der Waals surface area contributed by atoms with Gasteiger partial charge in [-0.15, -0.1) is 0 Å². The van der Waals surface area contributed by atoms with Crippen LogP contribution in [0.4, 0.5) is 4.39 Å². The van der Waals surface area contributed by atoms with Crippen LogP contribution < -0.4 is 5.14 Å². The number of hydrogen-bond donors (Lipinski definition) is 1. The number of carbonyl (C=O) groups excluding carboxylic acids is 1. The van der Waals surface area contributed by atoms with Crippen LogP contribution in [0, 0.1) is 12.7 Å². The molecule has 0 saturated heterocycles. The Labute approximate surface area is 111 Å². The maximum atomic E-state index is 13.9. The summed E-state index contributed by atoms with van der Waals surface area (Å²) >= 11 is 0. The zero-order valence-electron chi connectivity index (χ0n) is 11.2. The van der Waals surface area contributed by atoms with E-state index in [2.05, 4.69) is 0 Å². The third-order valence-corrected chi connectivity index (χ3v) is 3.07. The van der Waals surface area contributed by atoms with Crippen LogP contribution in [0.1, 0.15) is 36.7 Å². The van der Waals surface area contributed by atoms with Crippen molar-refractivity contribution in [3.63, 3.8) is 0 Å². The Morgan fingerprint density at radius 1 is 1.32 bits per heavy atom.